The number of aromatic nitrogens is 2. The highest BCUT2D eigenvalue weighted by Crippen LogP contribution is 2.26. The lowest BCUT2D eigenvalue weighted by Gasteiger charge is -2.11. The van der Waals surface area contributed by atoms with E-state index in [1.165, 1.54) is 0 Å². The van der Waals surface area contributed by atoms with E-state index in [4.69, 9.17) is 15.7 Å². The van der Waals surface area contributed by atoms with Crippen molar-refractivity contribution < 1.29 is 9.94 Å². The number of nitrogens with two attached hydrogens (primary N) is 1. The van der Waals surface area contributed by atoms with Gasteiger partial charge in [-0.05, 0) is 35.7 Å². The summed E-state index contributed by atoms with van der Waals surface area (Å²) in [6, 6.07) is 24.5. The molecule has 0 unspecified atom stereocenters. The molecule has 3 aromatic carbocycles. The smallest absolute Gasteiger partial charge is 0.297 e. The number of fused-ring (bicyclic) bond motifs is 1. The number of benzene rings is 3. The summed E-state index contributed by atoms with van der Waals surface area (Å²) < 4.78 is 7.82. The van der Waals surface area contributed by atoms with E-state index in [1.54, 1.807) is 0 Å². The van der Waals surface area contributed by atoms with Gasteiger partial charge in [0.05, 0.1) is 24.2 Å². The SMILES string of the molecule is CCOc1nc2ccccc2n1Cc1ccc(-c2ccccc2/C(N)=N/O)cc1. The van der Waals surface area contributed by atoms with Crippen LogP contribution in [0.15, 0.2) is 78.0 Å². The third-order valence-corrected chi connectivity index (χ3v) is 4.81. The molecule has 146 valence electrons. The quantitative estimate of drug-likeness (QED) is 0.225. The fourth-order valence-corrected chi connectivity index (χ4v) is 3.43. The fourth-order valence-electron chi connectivity index (χ4n) is 3.43. The van der Waals surface area contributed by atoms with E-state index in [9.17, 15) is 0 Å². The first-order valence-corrected chi connectivity index (χ1v) is 9.45. The van der Waals surface area contributed by atoms with Crippen LogP contribution in [0.2, 0.25) is 0 Å². The van der Waals surface area contributed by atoms with Gasteiger partial charge in [0, 0.05) is 5.56 Å². The predicted octanol–water partition coefficient (Wildman–Crippen LogP) is 4.24. The number of ether oxygens (including phenoxy) is 1. The normalized spacial score (nSPS) is 11.7. The van der Waals surface area contributed by atoms with Gasteiger partial charge in [0.1, 0.15) is 0 Å². The number of oxime groups is 1. The van der Waals surface area contributed by atoms with Crippen molar-refractivity contribution in [3.63, 3.8) is 0 Å². The molecule has 6 heteroatoms. The minimum atomic E-state index is 0.0934. The molecule has 4 aromatic rings. The van der Waals surface area contributed by atoms with E-state index in [2.05, 4.69) is 26.8 Å². The monoisotopic (exact) mass is 386 g/mol. The molecule has 0 amide bonds. The number of hydrogen-bond acceptors (Lipinski definition) is 4. The molecule has 0 bridgehead atoms. The Balaban J connectivity index is 1.67. The number of rotatable bonds is 6. The molecular formula is C23H22N4O2. The Labute approximate surface area is 168 Å². The Hall–Kier alpha value is -3.80. The van der Waals surface area contributed by atoms with E-state index in [0.717, 1.165) is 27.7 Å². The van der Waals surface area contributed by atoms with Crippen LogP contribution in [0.3, 0.4) is 0 Å². The number of imidazole rings is 1. The Morgan fingerprint density at radius 1 is 1.03 bits per heavy atom. The van der Waals surface area contributed by atoms with Gasteiger partial charge >= 0.3 is 0 Å². The van der Waals surface area contributed by atoms with Crippen molar-refractivity contribution in [3.05, 3.63) is 83.9 Å². The van der Waals surface area contributed by atoms with Crippen LogP contribution in [0.4, 0.5) is 0 Å². The fraction of sp³-hybridized carbons (Fsp3) is 0.130. The molecule has 0 saturated carbocycles. The molecule has 6 nitrogen and oxygen atoms in total. The topological polar surface area (TPSA) is 85.7 Å². The van der Waals surface area contributed by atoms with Crippen molar-refractivity contribution >= 4 is 16.9 Å². The van der Waals surface area contributed by atoms with Gasteiger partial charge < -0.3 is 15.7 Å². The maximum atomic E-state index is 9.05. The van der Waals surface area contributed by atoms with Crippen LogP contribution >= 0.6 is 0 Å². The average Bonchev–Trinajstić information content (AvgIpc) is 3.11. The second kappa shape index (κ2) is 8.06. The lowest BCUT2D eigenvalue weighted by atomic mass is 9.98. The van der Waals surface area contributed by atoms with Gasteiger partial charge in [0.2, 0.25) is 0 Å². The molecule has 0 aliphatic carbocycles. The molecule has 0 aliphatic rings. The lowest BCUT2D eigenvalue weighted by molar-refractivity contribution is 0.301. The number of hydrogen-bond donors (Lipinski definition) is 2. The maximum Gasteiger partial charge on any atom is 0.297 e. The summed E-state index contributed by atoms with van der Waals surface area (Å²) in [4.78, 5) is 4.59. The van der Waals surface area contributed by atoms with E-state index in [-0.39, 0.29) is 5.84 Å². The van der Waals surface area contributed by atoms with Gasteiger partial charge in [-0.3, -0.25) is 4.57 Å². The zero-order chi connectivity index (χ0) is 20.2. The van der Waals surface area contributed by atoms with E-state index in [1.807, 2.05) is 67.6 Å². The van der Waals surface area contributed by atoms with Crippen molar-refractivity contribution in [2.24, 2.45) is 10.9 Å². The number of nitrogens with zero attached hydrogens (tertiary/aromatic N) is 3. The molecule has 1 aromatic heterocycles. The van der Waals surface area contributed by atoms with E-state index in [0.29, 0.717) is 24.7 Å². The first kappa shape index (κ1) is 18.6. The highest BCUT2D eigenvalue weighted by molar-refractivity contribution is 6.03. The van der Waals surface area contributed by atoms with Gasteiger partial charge in [0.15, 0.2) is 5.84 Å². The Bertz CT molecular complexity index is 1160. The van der Waals surface area contributed by atoms with Gasteiger partial charge in [0.25, 0.3) is 6.01 Å². The van der Waals surface area contributed by atoms with Gasteiger partial charge in [-0.15, -0.1) is 0 Å². The molecule has 0 radical (unpaired) electrons. The summed E-state index contributed by atoms with van der Waals surface area (Å²) in [6.45, 7) is 3.17. The van der Waals surface area contributed by atoms with Crippen molar-refractivity contribution in [2.75, 3.05) is 6.61 Å². The van der Waals surface area contributed by atoms with Crippen LogP contribution in [0.25, 0.3) is 22.2 Å². The molecule has 1 heterocycles. The molecule has 4 rings (SSSR count). The van der Waals surface area contributed by atoms with Crippen LogP contribution < -0.4 is 10.5 Å². The van der Waals surface area contributed by atoms with Crippen LogP contribution in [0.5, 0.6) is 6.01 Å². The summed E-state index contributed by atoms with van der Waals surface area (Å²) in [5, 5.41) is 12.2. The minimum Gasteiger partial charge on any atom is -0.465 e. The Kier molecular flexibility index (Phi) is 5.16. The first-order valence-electron chi connectivity index (χ1n) is 9.45. The van der Waals surface area contributed by atoms with E-state index >= 15 is 0 Å². The number of amidine groups is 1. The molecule has 0 atom stereocenters. The standard InChI is InChI=1S/C23H22N4O2/c1-2-29-23-25-20-9-5-6-10-21(20)27(23)15-16-11-13-17(14-12-16)18-7-3-4-8-19(18)22(24)26-28/h3-14,28H,2,15H2,1H3,(H2,24,26). The Morgan fingerprint density at radius 2 is 1.76 bits per heavy atom. The molecule has 3 N–H and O–H groups in total. The minimum absolute atomic E-state index is 0.0934. The van der Waals surface area contributed by atoms with Crippen molar-refractivity contribution in [3.8, 4) is 17.1 Å². The third-order valence-electron chi connectivity index (χ3n) is 4.81. The lowest BCUT2D eigenvalue weighted by Crippen LogP contribution is -2.14. The molecule has 0 fully saturated rings. The van der Waals surface area contributed by atoms with Crippen molar-refractivity contribution in [1.29, 1.82) is 0 Å². The summed E-state index contributed by atoms with van der Waals surface area (Å²) >= 11 is 0. The molecule has 0 aliphatic heterocycles. The van der Waals surface area contributed by atoms with Crippen LogP contribution in [0, 0.1) is 0 Å². The summed E-state index contributed by atoms with van der Waals surface area (Å²) in [5.74, 6) is 0.0934. The first-order chi connectivity index (χ1) is 14.2. The summed E-state index contributed by atoms with van der Waals surface area (Å²) in [6.07, 6.45) is 0. The highest BCUT2D eigenvalue weighted by atomic mass is 16.5. The zero-order valence-electron chi connectivity index (χ0n) is 16.1. The van der Waals surface area contributed by atoms with Gasteiger partial charge in [-0.2, -0.15) is 4.98 Å². The predicted molar refractivity (Wildman–Crippen MR) is 114 cm³/mol. The molecular weight excluding hydrogens is 364 g/mol. The zero-order valence-corrected chi connectivity index (χ0v) is 16.1. The molecule has 0 saturated heterocycles. The van der Waals surface area contributed by atoms with Gasteiger partial charge in [-0.1, -0.05) is 65.8 Å². The molecule has 0 spiro atoms. The maximum absolute atomic E-state index is 9.05. The molecule has 29 heavy (non-hydrogen) atoms. The highest BCUT2D eigenvalue weighted by Gasteiger charge is 2.12. The van der Waals surface area contributed by atoms with Crippen molar-refractivity contribution in [2.45, 2.75) is 13.5 Å². The Morgan fingerprint density at radius 3 is 2.52 bits per heavy atom. The van der Waals surface area contributed by atoms with Crippen LogP contribution in [-0.2, 0) is 6.54 Å². The van der Waals surface area contributed by atoms with Crippen molar-refractivity contribution in [1.82, 2.24) is 9.55 Å². The van der Waals surface area contributed by atoms with E-state index < -0.39 is 0 Å². The van der Waals surface area contributed by atoms with Crippen LogP contribution in [-0.4, -0.2) is 27.2 Å². The summed E-state index contributed by atoms with van der Waals surface area (Å²) in [7, 11) is 0. The second-order valence-corrected chi connectivity index (χ2v) is 6.63. The second-order valence-electron chi connectivity index (χ2n) is 6.63. The average molecular weight is 386 g/mol. The largest absolute Gasteiger partial charge is 0.465 e. The van der Waals surface area contributed by atoms with Gasteiger partial charge in [-0.25, -0.2) is 0 Å². The summed E-state index contributed by atoms with van der Waals surface area (Å²) in [5.41, 5.74) is 11.5. The van der Waals surface area contributed by atoms with Crippen LogP contribution in [0.1, 0.15) is 18.1 Å². The third kappa shape index (κ3) is 3.65. The number of para-hydroxylation sites is 2.